The number of benzene rings is 1. The number of nitrogens with zero attached hydrogens (tertiary/aromatic N) is 1. The number of halogens is 1. The van der Waals surface area contributed by atoms with Gasteiger partial charge in [0.2, 0.25) is 0 Å². The minimum atomic E-state index is -0.397. The zero-order valence-corrected chi connectivity index (χ0v) is 8.12. The average Bonchev–Trinajstić information content (AvgIpc) is 2.05. The quantitative estimate of drug-likeness (QED) is 0.602. The third kappa shape index (κ3) is 1.58. The average molecular weight is 213 g/mol. The van der Waals surface area contributed by atoms with E-state index in [2.05, 4.69) is 5.32 Å². The van der Waals surface area contributed by atoms with E-state index in [0.717, 1.165) is 18.7 Å². The number of nitro groups is 1. The number of non-ortho nitro benzene ring substituents is 1. The fraction of sp³-hybridized carbons (Fsp3) is 0.333. The number of nitrogens with one attached hydrogen (secondary N) is 1. The molecule has 1 aliphatic rings. The van der Waals surface area contributed by atoms with Gasteiger partial charge in [-0.25, -0.2) is 0 Å². The van der Waals surface area contributed by atoms with E-state index in [0.29, 0.717) is 10.9 Å². The van der Waals surface area contributed by atoms with Crippen LogP contribution in [0.25, 0.3) is 0 Å². The van der Waals surface area contributed by atoms with E-state index in [1.807, 2.05) is 0 Å². The lowest BCUT2D eigenvalue weighted by atomic mass is 9.93. The molecule has 0 amide bonds. The largest absolute Gasteiger partial charge is 0.315 e. The molecule has 4 nitrogen and oxygen atoms in total. The summed E-state index contributed by atoms with van der Waals surface area (Å²) in [6.07, 6.45) is 0. The first kappa shape index (κ1) is 9.43. The van der Waals surface area contributed by atoms with E-state index in [9.17, 15) is 10.1 Å². The van der Waals surface area contributed by atoms with Crippen LogP contribution in [0.15, 0.2) is 18.2 Å². The summed E-state index contributed by atoms with van der Waals surface area (Å²) in [6, 6.07) is 4.58. The van der Waals surface area contributed by atoms with Crippen LogP contribution in [-0.4, -0.2) is 18.0 Å². The first-order chi connectivity index (χ1) is 6.68. The molecule has 0 aliphatic carbocycles. The van der Waals surface area contributed by atoms with Gasteiger partial charge in [0, 0.05) is 36.2 Å². The summed E-state index contributed by atoms with van der Waals surface area (Å²) in [7, 11) is 0. The van der Waals surface area contributed by atoms with Crippen molar-refractivity contribution in [2.75, 3.05) is 13.1 Å². The van der Waals surface area contributed by atoms with Gasteiger partial charge in [0.1, 0.15) is 0 Å². The standard InChI is InChI=1S/C9H9ClN2O2/c10-9-2-1-7(12(13)14)3-8(9)6-4-11-5-6/h1-3,6,11H,4-5H2. The maximum atomic E-state index is 10.5. The van der Waals surface area contributed by atoms with Crippen LogP contribution in [0.1, 0.15) is 11.5 Å². The molecule has 1 aliphatic heterocycles. The predicted octanol–water partition coefficient (Wildman–Crippen LogP) is 1.93. The van der Waals surface area contributed by atoms with Crippen molar-refractivity contribution in [1.29, 1.82) is 0 Å². The molecule has 1 N–H and O–H groups in total. The number of hydrogen-bond acceptors (Lipinski definition) is 3. The van der Waals surface area contributed by atoms with Crippen molar-refractivity contribution in [1.82, 2.24) is 5.32 Å². The van der Waals surface area contributed by atoms with Crippen LogP contribution in [0.5, 0.6) is 0 Å². The SMILES string of the molecule is O=[N+]([O-])c1ccc(Cl)c(C2CNC2)c1. The second-order valence-electron chi connectivity index (χ2n) is 3.32. The number of nitro benzene ring substituents is 1. The highest BCUT2D eigenvalue weighted by Gasteiger charge is 2.23. The van der Waals surface area contributed by atoms with E-state index >= 15 is 0 Å². The van der Waals surface area contributed by atoms with Gasteiger partial charge in [0.05, 0.1) is 4.92 Å². The van der Waals surface area contributed by atoms with Crippen molar-refractivity contribution in [2.45, 2.75) is 5.92 Å². The highest BCUT2D eigenvalue weighted by molar-refractivity contribution is 6.31. The van der Waals surface area contributed by atoms with Gasteiger partial charge in [-0.1, -0.05) is 11.6 Å². The van der Waals surface area contributed by atoms with Crippen LogP contribution < -0.4 is 5.32 Å². The molecule has 0 spiro atoms. The van der Waals surface area contributed by atoms with Crippen LogP contribution >= 0.6 is 11.6 Å². The number of rotatable bonds is 2. The maximum Gasteiger partial charge on any atom is 0.269 e. The molecule has 5 heteroatoms. The molecule has 74 valence electrons. The highest BCUT2D eigenvalue weighted by atomic mass is 35.5. The Labute approximate surface area is 86.0 Å². The second-order valence-corrected chi connectivity index (χ2v) is 3.73. The third-order valence-electron chi connectivity index (χ3n) is 2.41. The molecule has 0 aromatic heterocycles. The summed E-state index contributed by atoms with van der Waals surface area (Å²) in [4.78, 5) is 10.1. The minimum absolute atomic E-state index is 0.108. The molecule has 14 heavy (non-hydrogen) atoms. The van der Waals surface area contributed by atoms with Crippen LogP contribution in [0.4, 0.5) is 5.69 Å². The molecule has 1 aromatic carbocycles. The first-order valence-corrected chi connectivity index (χ1v) is 4.71. The molecule has 0 unspecified atom stereocenters. The lowest BCUT2D eigenvalue weighted by Crippen LogP contribution is -2.40. The molecule has 0 saturated carbocycles. The minimum Gasteiger partial charge on any atom is -0.315 e. The van der Waals surface area contributed by atoms with Gasteiger partial charge in [-0.2, -0.15) is 0 Å². The normalized spacial score (nSPS) is 16.4. The zero-order chi connectivity index (χ0) is 10.1. The van der Waals surface area contributed by atoms with Crippen LogP contribution in [0.3, 0.4) is 0 Å². The Morgan fingerprint density at radius 1 is 1.50 bits per heavy atom. The molecule has 1 aromatic rings. The lowest BCUT2D eigenvalue weighted by Gasteiger charge is -2.27. The van der Waals surface area contributed by atoms with E-state index < -0.39 is 4.92 Å². The third-order valence-corrected chi connectivity index (χ3v) is 2.76. The van der Waals surface area contributed by atoms with Gasteiger partial charge < -0.3 is 5.32 Å². The summed E-state index contributed by atoms with van der Waals surface area (Å²) < 4.78 is 0. The van der Waals surface area contributed by atoms with Gasteiger partial charge in [0.25, 0.3) is 5.69 Å². The first-order valence-electron chi connectivity index (χ1n) is 4.33. The summed E-state index contributed by atoms with van der Waals surface area (Å²) in [5.74, 6) is 0.322. The molecule has 1 saturated heterocycles. The van der Waals surface area contributed by atoms with Crippen molar-refractivity contribution < 1.29 is 4.92 Å². The van der Waals surface area contributed by atoms with Gasteiger partial charge >= 0.3 is 0 Å². The molecular formula is C9H9ClN2O2. The molecular weight excluding hydrogens is 204 g/mol. The van der Waals surface area contributed by atoms with Crippen molar-refractivity contribution in [3.05, 3.63) is 38.9 Å². The second kappa shape index (κ2) is 3.55. The van der Waals surface area contributed by atoms with Gasteiger partial charge in [-0.3, -0.25) is 10.1 Å². The molecule has 0 bridgehead atoms. The molecule has 1 heterocycles. The zero-order valence-electron chi connectivity index (χ0n) is 7.37. The van der Waals surface area contributed by atoms with E-state index in [1.54, 1.807) is 12.1 Å². The highest BCUT2D eigenvalue weighted by Crippen LogP contribution is 2.30. The topological polar surface area (TPSA) is 55.2 Å². The molecule has 1 fully saturated rings. The molecule has 2 rings (SSSR count). The van der Waals surface area contributed by atoms with Crippen molar-refractivity contribution >= 4 is 17.3 Å². The van der Waals surface area contributed by atoms with E-state index in [-0.39, 0.29) is 5.69 Å². The van der Waals surface area contributed by atoms with Gasteiger partial charge in [0.15, 0.2) is 0 Å². The fourth-order valence-corrected chi connectivity index (χ4v) is 1.74. The Bertz CT molecular complexity index is 377. The Balaban J connectivity index is 2.36. The Kier molecular flexibility index (Phi) is 2.39. The van der Waals surface area contributed by atoms with Gasteiger partial charge in [-0.15, -0.1) is 0 Å². The fourth-order valence-electron chi connectivity index (χ4n) is 1.47. The Morgan fingerprint density at radius 3 is 2.71 bits per heavy atom. The van der Waals surface area contributed by atoms with Gasteiger partial charge in [-0.05, 0) is 11.6 Å². The van der Waals surface area contributed by atoms with Crippen LogP contribution in [-0.2, 0) is 0 Å². The van der Waals surface area contributed by atoms with E-state index in [1.165, 1.54) is 6.07 Å². The lowest BCUT2D eigenvalue weighted by molar-refractivity contribution is -0.384. The summed E-state index contributed by atoms with van der Waals surface area (Å²) in [5.41, 5.74) is 0.982. The van der Waals surface area contributed by atoms with Crippen LogP contribution in [0, 0.1) is 10.1 Å². The van der Waals surface area contributed by atoms with Crippen molar-refractivity contribution in [3.63, 3.8) is 0 Å². The summed E-state index contributed by atoms with van der Waals surface area (Å²) in [5, 5.41) is 14.3. The van der Waals surface area contributed by atoms with E-state index in [4.69, 9.17) is 11.6 Å². The van der Waals surface area contributed by atoms with Crippen molar-refractivity contribution in [3.8, 4) is 0 Å². The molecule has 0 atom stereocenters. The smallest absolute Gasteiger partial charge is 0.269 e. The summed E-state index contributed by atoms with van der Waals surface area (Å²) >= 11 is 5.96. The molecule has 0 radical (unpaired) electrons. The number of hydrogen-bond donors (Lipinski definition) is 1. The maximum absolute atomic E-state index is 10.5. The Morgan fingerprint density at radius 2 is 2.21 bits per heavy atom. The summed E-state index contributed by atoms with van der Waals surface area (Å²) in [6.45, 7) is 1.70. The van der Waals surface area contributed by atoms with Crippen LogP contribution in [0.2, 0.25) is 5.02 Å². The Hall–Kier alpha value is -1.13. The monoisotopic (exact) mass is 212 g/mol. The van der Waals surface area contributed by atoms with Crippen molar-refractivity contribution in [2.24, 2.45) is 0 Å². The predicted molar refractivity (Wildman–Crippen MR) is 53.7 cm³/mol.